The molecule has 1 rings (SSSR count). The Morgan fingerprint density at radius 3 is 1.77 bits per heavy atom. The normalized spacial score (nSPS) is 16.2. The number of carboxylic acids is 3. The molecule has 0 aliphatic carbocycles. The molecule has 6 atom stereocenters. The average molecular weight is 800 g/mol. The van der Waals surface area contributed by atoms with E-state index in [2.05, 4.69) is 26.6 Å². The van der Waals surface area contributed by atoms with E-state index in [9.17, 15) is 57.8 Å². The maximum absolute atomic E-state index is 13.8. The lowest BCUT2D eigenvalue weighted by Gasteiger charge is -2.31. The summed E-state index contributed by atoms with van der Waals surface area (Å²) >= 11 is 0. The molecule has 6 unspecified atom stereocenters. The Hall–Kier alpha value is -5.67. The van der Waals surface area contributed by atoms with Crippen LogP contribution in [-0.2, 0) is 57.5 Å². The van der Waals surface area contributed by atoms with Crippen LogP contribution < -0.4 is 31.9 Å². The van der Waals surface area contributed by atoms with Gasteiger partial charge in [0.2, 0.25) is 41.2 Å². The Morgan fingerprint density at radius 2 is 1.27 bits per heavy atom. The van der Waals surface area contributed by atoms with Crippen LogP contribution in [0.1, 0.15) is 79.1 Å². The Morgan fingerprint density at radius 1 is 0.714 bits per heavy atom. The first kappa shape index (κ1) is 48.3. The maximum Gasteiger partial charge on any atom is 0.322 e. The molecule has 7 amide bonds. The van der Waals surface area contributed by atoms with Crippen LogP contribution in [0.5, 0.6) is 0 Å². The van der Waals surface area contributed by atoms with Crippen molar-refractivity contribution in [1.82, 2.24) is 36.8 Å². The van der Waals surface area contributed by atoms with E-state index < -0.39 is 133 Å². The molecule has 0 aromatic rings. The molecule has 0 spiro atoms. The van der Waals surface area contributed by atoms with Crippen LogP contribution in [-0.4, -0.2) is 148 Å². The summed E-state index contributed by atoms with van der Waals surface area (Å²) in [5, 5.41) is 41.1. The summed E-state index contributed by atoms with van der Waals surface area (Å²) in [6.07, 6.45) is -0.989. The number of methoxy groups -OCH3 is 1. The number of nitrogens with one attached hydrogen (secondary N) is 6. The van der Waals surface area contributed by atoms with Gasteiger partial charge in [0.25, 0.3) is 5.91 Å². The zero-order chi connectivity index (χ0) is 42.7. The monoisotopic (exact) mass is 799 g/mol. The highest BCUT2D eigenvalue weighted by Crippen LogP contribution is 2.20. The highest BCUT2D eigenvalue weighted by Gasteiger charge is 2.40. The van der Waals surface area contributed by atoms with Gasteiger partial charge in [0.15, 0.2) is 0 Å². The van der Waals surface area contributed by atoms with Crippen molar-refractivity contribution in [2.75, 3.05) is 26.8 Å². The van der Waals surface area contributed by atoms with Crippen molar-refractivity contribution in [3.05, 3.63) is 0 Å². The molecule has 0 aromatic carbocycles. The van der Waals surface area contributed by atoms with E-state index in [1.54, 1.807) is 20.8 Å². The largest absolute Gasteiger partial charge is 0.481 e. The molecule has 0 saturated carbocycles. The number of ketones is 1. The molecule has 22 nitrogen and oxygen atoms in total. The second kappa shape index (κ2) is 24.0. The number of likely N-dealkylation sites (tertiary alicyclic amines) is 1. The Bertz CT molecular complexity index is 1490. The summed E-state index contributed by atoms with van der Waals surface area (Å²) in [6.45, 7) is 4.76. The van der Waals surface area contributed by atoms with Crippen molar-refractivity contribution in [3.63, 3.8) is 0 Å². The fraction of sp³-hybridized carbons (Fsp3) is 0.676. The van der Waals surface area contributed by atoms with E-state index in [0.29, 0.717) is 12.8 Å². The summed E-state index contributed by atoms with van der Waals surface area (Å²) < 4.78 is 5.17. The van der Waals surface area contributed by atoms with E-state index in [1.165, 1.54) is 12.0 Å². The number of carboxylic acid groups (broad SMARTS) is 3. The minimum Gasteiger partial charge on any atom is -0.481 e. The molecule has 1 aliphatic rings. The molecule has 0 aromatic heterocycles. The summed E-state index contributed by atoms with van der Waals surface area (Å²) in [6, 6.07) is -8.14. The van der Waals surface area contributed by atoms with E-state index >= 15 is 0 Å². The summed E-state index contributed by atoms with van der Waals surface area (Å²) in [5.41, 5.74) is 0. The third kappa shape index (κ3) is 16.4. The molecule has 0 radical (unpaired) electrons. The third-order valence-electron chi connectivity index (χ3n) is 8.49. The van der Waals surface area contributed by atoms with Gasteiger partial charge in [-0.25, -0.2) is 0 Å². The minimum atomic E-state index is -1.55. The highest BCUT2D eigenvalue weighted by atomic mass is 16.5. The maximum atomic E-state index is 13.8. The van der Waals surface area contributed by atoms with Gasteiger partial charge in [-0.1, -0.05) is 27.2 Å². The van der Waals surface area contributed by atoms with Gasteiger partial charge in [-0.3, -0.25) is 52.7 Å². The van der Waals surface area contributed by atoms with Crippen molar-refractivity contribution >= 4 is 65.0 Å². The van der Waals surface area contributed by atoms with Crippen molar-refractivity contribution in [2.45, 2.75) is 115 Å². The first-order valence-corrected chi connectivity index (χ1v) is 18.0. The number of rotatable bonds is 25. The predicted molar refractivity (Wildman–Crippen MR) is 191 cm³/mol. The zero-order valence-corrected chi connectivity index (χ0v) is 32.0. The van der Waals surface area contributed by atoms with Gasteiger partial charge in [-0.15, -0.1) is 0 Å². The lowest BCUT2D eigenvalue weighted by Crippen LogP contribution is -2.61. The molecular weight excluding hydrogens is 746 g/mol. The summed E-state index contributed by atoms with van der Waals surface area (Å²) in [5.74, 6) is -11.9. The predicted octanol–water partition coefficient (Wildman–Crippen LogP) is -2.98. The van der Waals surface area contributed by atoms with Crippen LogP contribution in [0.15, 0.2) is 0 Å². The molecule has 56 heavy (non-hydrogen) atoms. The highest BCUT2D eigenvalue weighted by molar-refractivity contribution is 6.38. The van der Waals surface area contributed by atoms with Crippen molar-refractivity contribution < 1.29 is 72.8 Å². The van der Waals surface area contributed by atoms with E-state index in [1.807, 2.05) is 5.32 Å². The molecule has 9 N–H and O–H groups in total. The van der Waals surface area contributed by atoms with Gasteiger partial charge in [-0.05, 0) is 38.0 Å². The van der Waals surface area contributed by atoms with Gasteiger partial charge in [0, 0.05) is 33.4 Å². The standard InChI is InChI=1S/C34H53N7O15/c1-6-8-19(28(49)33(54)35-15-26(47)48)37-31(52)23-9-7-14-41(23)34(55)22(16-56-5)39-32(53)27(17(2)3)40-30(51)21(11-13-25(45)46)38-29(50)20(36-18(4)42)10-12-24(43)44/h17,19-23,27H,6-16H2,1-5H3,(H,35,54)(H,36,42)(H,37,52)(H,38,50)(H,39,53)(H,40,51)(H,43,44)(H,45,46)(H,47,48). The van der Waals surface area contributed by atoms with Gasteiger partial charge < -0.3 is 56.9 Å². The molecule has 0 bridgehead atoms. The molecule has 1 saturated heterocycles. The molecule has 1 heterocycles. The van der Waals surface area contributed by atoms with Crippen molar-refractivity contribution in [1.29, 1.82) is 0 Å². The number of Topliss-reactive ketones (excluding diaryl/α,β-unsaturated/α-hetero) is 1. The number of carbonyl (C=O) groups is 11. The van der Waals surface area contributed by atoms with Gasteiger partial charge in [0.05, 0.1) is 12.6 Å². The molecular formula is C34H53N7O15. The van der Waals surface area contributed by atoms with Gasteiger partial charge in [0.1, 0.15) is 36.8 Å². The second-order valence-electron chi connectivity index (χ2n) is 13.4. The number of nitrogens with zero attached hydrogens (tertiary/aromatic N) is 1. The van der Waals surface area contributed by atoms with Gasteiger partial charge >= 0.3 is 17.9 Å². The molecule has 22 heteroatoms. The lowest BCUT2D eigenvalue weighted by molar-refractivity contribution is -0.145. The molecule has 314 valence electrons. The van der Waals surface area contributed by atoms with Crippen molar-refractivity contribution in [2.24, 2.45) is 5.92 Å². The van der Waals surface area contributed by atoms with E-state index in [4.69, 9.17) is 14.9 Å². The second-order valence-corrected chi connectivity index (χ2v) is 13.4. The fourth-order valence-corrected chi connectivity index (χ4v) is 5.71. The summed E-state index contributed by atoms with van der Waals surface area (Å²) in [4.78, 5) is 138. The zero-order valence-electron chi connectivity index (χ0n) is 32.0. The fourth-order valence-electron chi connectivity index (χ4n) is 5.71. The lowest BCUT2D eigenvalue weighted by atomic mass is 10.0. The quantitative estimate of drug-likeness (QED) is 0.0416. The van der Waals surface area contributed by atoms with Crippen LogP contribution in [0.25, 0.3) is 0 Å². The first-order chi connectivity index (χ1) is 26.2. The number of ether oxygens (including phenoxy) is 1. The van der Waals surface area contributed by atoms with Crippen LogP contribution in [0.3, 0.4) is 0 Å². The molecule has 1 aliphatic heterocycles. The smallest absolute Gasteiger partial charge is 0.322 e. The number of aliphatic carboxylic acids is 3. The summed E-state index contributed by atoms with van der Waals surface area (Å²) in [7, 11) is 1.25. The Balaban J connectivity index is 3.21. The Kier molecular flexibility index (Phi) is 20.7. The number of hydrogen-bond acceptors (Lipinski definition) is 12. The van der Waals surface area contributed by atoms with Crippen molar-refractivity contribution in [3.8, 4) is 0 Å². The number of hydrogen-bond donors (Lipinski definition) is 9. The van der Waals surface area contributed by atoms with Crippen LogP contribution in [0.2, 0.25) is 0 Å². The van der Waals surface area contributed by atoms with Crippen LogP contribution in [0, 0.1) is 5.92 Å². The number of carbonyl (C=O) groups excluding carboxylic acids is 8. The Labute approximate surface area is 322 Å². The van der Waals surface area contributed by atoms with Crippen LogP contribution >= 0.6 is 0 Å². The van der Waals surface area contributed by atoms with E-state index in [-0.39, 0.29) is 32.4 Å². The minimum absolute atomic E-state index is 0.0395. The molecule has 1 fully saturated rings. The van der Waals surface area contributed by atoms with E-state index in [0.717, 1.165) is 6.92 Å². The third-order valence-corrected chi connectivity index (χ3v) is 8.49. The average Bonchev–Trinajstić information content (AvgIpc) is 3.61. The van der Waals surface area contributed by atoms with Crippen LogP contribution in [0.4, 0.5) is 0 Å². The SMILES string of the molecule is CCCC(NC(=O)C1CCCN1C(=O)C(COC)NC(=O)C(NC(=O)C(CCC(=O)O)NC(=O)C(CCC(=O)O)NC(C)=O)C(C)C)C(=O)C(=O)NCC(=O)O. The first-order valence-electron chi connectivity index (χ1n) is 18.0. The topological polar surface area (TPSA) is 333 Å². The van der Waals surface area contributed by atoms with Gasteiger partial charge in [-0.2, -0.15) is 0 Å². The number of amides is 7.